The summed E-state index contributed by atoms with van der Waals surface area (Å²) in [7, 11) is 0. The maximum atomic E-state index is 13.1. The first-order valence-electron chi connectivity index (χ1n) is 12.7. The molecule has 2 aromatic rings. The van der Waals surface area contributed by atoms with Gasteiger partial charge in [0.2, 0.25) is 0 Å². The average Bonchev–Trinajstić information content (AvgIpc) is 2.79. The van der Waals surface area contributed by atoms with Gasteiger partial charge in [-0.2, -0.15) is 0 Å². The molecule has 0 radical (unpaired) electrons. The summed E-state index contributed by atoms with van der Waals surface area (Å²) in [6, 6.07) is 15.0. The van der Waals surface area contributed by atoms with Crippen LogP contribution >= 0.6 is 0 Å². The topological polar surface area (TPSA) is 45.2 Å². The molecule has 1 heterocycles. The van der Waals surface area contributed by atoms with Crippen molar-refractivity contribution in [3.8, 4) is 5.75 Å². The molecule has 0 bridgehead atoms. The fourth-order valence-electron chi connectivity index (χ4n) is 5.06. The highest BCUT2D eigenvalue weighted by Gasteiger charge is 2.27. The molecule has 1 saturated heterocycles. The van der Waals surface area contributed by atoms with Gasteiger partial charge >= 0.3 is 0 Å². The Morgan fingerprint density at radius 3 is 2.11 bits per heavy atom. The van der Waals surface area contributed by atoms with E-state index in [0.29, 0.717) is 26.4 Å². The second-order valence-electron chi connectivity index (χ2n) is 11.5. The zero-order valence-corrected chi connectivity index (χ0v) is 22.1. The van der Waals surface area contributed by atoms with Crippen molar-refractivity contribution in [2.45, 2.75) is 52.6 Å². The van der Waals surface area contributed by atoms with Crippen molar-refractivity contribution in [3.05, 3.63) is 59.9 Å². The molecule has 0 unspecified atom stereocenters. The smallest absolute Gasteiger partial charge is 0.123 e. The van der Waals surface area contributed by atoms with Crippen molar-refractivity contribution >= 4 is 5.69 Å². The normalized spacial score (nSPS) is 16.4. The van der Waals surface area contributed by atoms with Gasteiger partial charge in [0.25, 0.3) is 0 Å². The van der Waals surface area contributed by atoms with Crippen molar-refractivity contribution in [2.24, 2.45) is 5.41 Å². The van der Waals surface area contributed by atoms with E-state index in [1.807, 2.05) is 24.3 Å². The Morgan fingerprint density at radius 1 is 0.886 bits per heavy atom. The SMILES string of the molecule is CC(C)(C)CC(C)(C)c1ccc(OCCOC[C@H](O)CN2CCN(c3ccc(F)cc3)CC2)cc1. The highest BCUT2D eigenvalue weighted by Crippen LogP contribution is 2.36. The summed E-state index contributed by atoms with van der Waals surface area (Å²) >= 11 is 0. The Balaban J connectivity index is 1.29. The molecular formula is C29H43FN2O3. The maximum Gasteiger partial charge on any atom is 0.123 e. The number of rotatable bonds is 11. The van der Waals surface area contributed by atoms with Crippen LogP contribution in [0.4, 0.5) is 10.1 Å². The molecule has 194 valence electrons. The Hall–Kier alpha value is -2.15. The number of aliphatic hydroxyl groups excluding tert-OH is 1. The molecule has 0 aliphatic carbocycles. The number of ether oxygens (including phenoxy) is 2. The number of hydrogen-bond acceptors (Lipinski definition) is 5. The highest BCUT2D eigenvalue weighted by molar-refractivity contribution is 5.46. The van der Waals surface area contributed by atoms with Crippen LogP contribution in [0.2, 0.25) is 0 Å². The summed E-state index contributed by atoms with van der Waals surface area (Å²) in [5.41, 5.74) is 2.75. The van der Waals surface area contributed by atoms with Gasteiger partial charge in [0.05, 0.1) is 19.3 Å². The van der Waals surface area contributed by atoms with Crippen LogP contribution in [-0.4, -0.2) is 68.7 Å². The van der Waals surface area contributed by atoms with Gasteiger partial charge in [-0.05, 0) is 59.2 Å². The lowest BCUT2D eigenvalue weighted by Gasteiger charge is -2.36. The lowest BCUT2D eigenvalue weighted by molar-refractivity contribution is 0.00718. The van der Waals surface area contributed by atoms with Crippen LogP contribution in [0.1, 0.15) is 46.6 Å². The number of aliphatic hydroxyl groups is 1. The van der Waals surface area contributed by atoms with E-state index in [2.05, 4.69) is 56.6 Å². The molecule has 1 aliphatic heterocycles. The molecule has 2 aromatic carbocycles. The molecule has 0 spiro atoms. The van der Waals surface area contributed by atoms with Gasteiger partial charge in [-0.15, -0.1) is 0 Å². The van der Waals surface area contributed by atoms with E-state index in [1.165, 1.54) is 17.7 Å². The number of β-amino-alcohol motifs (C(OH)–C–C–N with tert-alkyl or cyclic N) is 1. The van der Waals surface area contributed by atoms with E-state index in [-0.39, 0.29) is 16.6 Å². The van der Waals surface area contributed by atoms with Gasteiger partial charge in [0.15, 0.2) is 0 Å². The van der Waals surface area contributed by atoms with Crippen molar-refractivity contribution in [1.29, 1.82) is 0 Å². The molecule has 3 rings (SSSR count). The Labute approximate surface area is 210 Å². The quantitative estimate of drug-likeness (QED) is 0.447. The first-order chi connectivity index (χ1) is 16.5. The van der Waals surface area contributed by atoms with Gasteiger partial charge in [-0.3, -0.25) is 4.90 Å². The molecule has 1 atom stereocenters. The third-order valence-corrected chi connectivity index (χ3v) is 6.45. The first-order valence-corrected chi connectivity index (χ1v) is 12.7. The molecule has 1 aliphatic rings. The molecule has 0 amide bonds. The van der Waals surface area contributed by atoms with Gasteiger partial charge in [0.1, 0.15) is 18.2 Å². The van der Waals surface area contributed by atoms with E-state index in [9.17, 15) is 9.50 Å². The van der Waals surface area contributed by atoms with Crippen LogP contribution in [0.25, 0.3) is 0 Å². The van der Waals surface area contributed by atoms with Crippen molar-refractivity contribution in [1.82, 2.24) is 4.90 Å². The predicted octanol–water partition coefficient (Wildman–Crippen LogP) is 5.12. The predicted molar refractivity (Wildman–Crippen MR) is 141 cm³/mol. The lowest BCUT2D eigenvalue weighted by Crippen LogP contribution is -2.49. The zero-order chi connectivity index (χ0) is 25.5. The van der Waals surface area contributed by atoms with Crippen LogP contribution in [0, 0.1) is 11.2 Å². The number of nitrogens with zero attached hydrogens (tertiary/aromatic N) is 2. The van der Waals surface area contributed by atoms with Gasteiger partial charge in [-0.1, -0.05) is 46.8 Å². The van der Waals surface area contributed by atoms with E-state index in [4.69, 9.17) is 9.47 Å². The zero-order valence-electron chi connectivity index (χ0n) is 22.1. The summed E-state index contributed by atoms with van der Waals surface area (Å²) in [6.45, 7) is 16.6. The number of anilines is 1. The Bertz CT molecular complexity index is 886. The van der Waals surface area contributed by atoms with Crippen molar-refractivity contribution in [3.63, 3.8) is 0 Å². The van der Waals surface area contributed by atoms with Crippen LogP contribution in [0.5, 0.6) is 5.75 Å². The summed E-state index contributed by atoms with van der Waals surface area (Å²) in [5.74, 6) is 0.623. The summed E-state index contributed by atoms with van der Waals surface area (Å²) in [5, 5.41) is 10.4. The minimum Gasteiger partial charge on any atom is -0.491 e. The van der Waals surface area contributed by atoms with Crippen LogP contribution < -0.4 is 9.64 Å². The molecule has 0 saturated carbocycles. The van der Waals surface area contributed by atoms with Crippen LogP contribution in [-0.2, 0) is 10.2 Å². The minimum atomic E-state index is -0.531. The first kappa shape index (κ1) is 27.4. The molecule has 1 N–H and O–H groups in total. The Kier molecular flexibility index (Phi) is 9.56. The summed E-state index contributed by atoms with van der Waals surface area (Å²) in [4.78, 5) is 4.49. The van der Waals surface area contributed by atoms with Crippen LogP contribution in [0.3, 0.4) is 0 Å². The number of piperazine rings is 1. The third-order valence-electron chi connectivity index (χ3n) is 6.45. The second-order valence-corrected chi connectivity index (χ2v) is 11.5. The molecule has 5 nitrogen and oxygen atoms in total. The van der Waals surface area contributed by atoms with Crippen molar-refractivity contribution in [2.75, 3.05) is 57.4 Å². The fraction of sp³-hybridized carbons (Fsp3) is 0.586. The van der Waals surface area contributed by atoms with Gasteiger partial charge < -0.3 is 19.5 Å². The fourth-order valence-corrected chi connectivity index (χ4v) is 5.06. The molecular weight excluding hydrogens is 443 g/mol. The van der Waals surface area contributed by atoms with Gasteiger partial charge in [0, 0.05) is 38.4 Å². The number of hydrogen-bond donors (Lipinski definition) is 1. The van der Waals surface area contributed by atoms with Crippen molar-refractivity contribution < 1.29 is 19.0 Å². The molecule has 1 fully saturated rings. The standard InChI is InChI=1S/C29H43FN2O3/c1-28(2,3)22-29(4,5)23-6-12-27(13-7-23)35-19-18-34-21-26(33)20-31-14-16-32(17-15-31)25-10-8-24(30)9-11-25/h6-13,26,33H,14-22H2,1-5H3/t26-/m1/s1. The highest BCUT2D eigenvalue weighted by atomic mass is 19.1. The van der Waals surface area contributed by atoms with E-state index < -0.39 is 6.10 Å². The third kappa shape index (κ3) is 9.10. The molecule has 0 aromatic heterocycles. The lowest BCUT2D eigenvalue weighted by atomic mass is 9.72. The minimum absolute atomic E-state index is 0.115. The largest absolute Gasteiger partial charge is 0.491 e. The number of halogens is 1. The molecule has 35 heavy (non-hydrogen) atoms. The second kappa shape index (κ2) is 12.2. The van der Waals surface area contributed by atoms with Gasteiger partial charge in [-0.25, -0.2) is 4.39 Å². The van der Waals surface area contributed by atoms with Crippen LogP contribution in [0.15, 0.2) is 48.5 Å². The van der Waals surface area contributed by atoms with E-state index in [0.717, 1.165) is 44.0 Å². The maximum absolute atomic E-state index is 13.1. The van der Waals surface area contributed by atoms with E-state index in [1.54, 1.807) is 0 Å². The summed E-state index contributed by atoms with van der Waals surface area (Å²) < 4.78 is 24.6. The summed E-state index contributed by atoms with van der Waals surface area (Å²) in [6.07, 6.45) is 0.581. The molecule has 6 heteroatoms. The monoisotopic (exact) mass is 486 g/mol. The average molecular weight is 487 g/mol. The number of benzene rings is 2. The Morgan fingerprint density at radius 2 is 1.51 bits per heavy atom. The van der Waals surface area contributed by atoms with E-state index >= 15 is 0 Å².